The monoisotopic (exact) mass is 361 g/mol. The first-order valence-corrected chi connectivity index (χ1v) is 8.82. The summed E-state index contributed by atoms with van der Waals surface area (Å²) in [6.07, 6.45) is 4.24. The van der Waals surface area contributed by atoms with Crippen molar-refractivity contribution < 1.29 is 19.1 Å². The van der Waals surface area contributed by atoms with Gasteiger partial charge in [0.15, 0.2) is 6.61 Å². The summed E-state index contributed by atoms with van der Waals surface area (Å²) in [6.45, 7) is 1.72. The quantitative estimate of drug-likeness (QED) is 0.707. The molecule has 0 saturated heterocycles. The van der Waals surface area contributed by atoms with Gasteiger partial charge >= 0.3 is 5.97 Å². The van der Waals surface area contributed by atoms with E-state index in [1.165, 1.54) is 11.3 Å². The molecular formula is C17H19N3O4S. The summed E-state index contributed by atoms with van der Waals surface area (Å²) in [5.74, 6) is -1.13. The van der Waals surface area contributed by atoms with Crippen LogP contribution in [0.3, 0.4) is 0 Å². The fraction of sp³-hybridized carbons (Fsp3) is 0.353. The van der Waals surface area contributed by atoms with Crippen molar-refractivity contribution in [2.75, 3.05) is 11.9 Å². The molecule has 0 spiro atoms. The molecule has 0 radical (unpaired) electrons. The number of rotatable bonds is 5. The minimum absolute atomic E-state index is 0.270. The Morgan fingerprint density at radius 1 is 1.44 bits per heavy atom. The van der Waals surface area contributed by atoms with Crippen LogP contribution in [0.25, 0.3) is 0 Å². The van der Waals surface area contributed by atoms with Crippen molar-refractivity contribution in [3.8, 4) is 0 Å². The summed E-state index contributed by atoms with van der Waals surface area (Å²) in [5, 5.41) is 3.09. The van der Waals surface area contributed by atoms with Crippen LogP contribution in [-0.4, -0.2) is 29.4 Å². The van der Waals surface area contributed by atoms with Gasteiger partial charge in [0.2, 0.25) is 0 Å². The lowest BCUT2D eigenvalue weighted by Gasteiger charge is -2.18. The van der Waals surface area contributed by atoms with Crippen molar-refractivity contribution in [1.82, 2.24) is 4.98 Å². The van der Waals surface area contributed by atoms with E-state index in [0.717, 1.165) is 29.7 Å². The number of ether oxygens (including phenoxy) is 1. The largest absolute Gasteiger partial charge is 0.451 e. The lowest BCUT2D eigenvalue weighted by Crippen LogP contribution is -2.23. The van der Waals surface area contributed by atoms with Crippen molar-refractivity contribution in [3.05, 3.63) is 40.0 Å². The molecule has 0 fully saturated rings. The number of H-pyrrole nitrogens is 1. The molecule has 2 aromatic rings. The summed E-state index contributed by atoms with van der Waals surface area (Å²) in [5.41, 5.74) is 7.10. The first kappa shape index (κ1) is 17.2. The maximum atomic E-state index is 12.1. The van der Waals surface area contributed by atoms with Crippen LogP contribution in [0, 0.1) is 5.92 Å². The van der Waals surface area contributed by atoms with Gasteiger partial charge in [-0.3, -0.25) is 9.59 Å². The molecule has 0 saturated carbocycles. The Bertz CT molecular complexity index is 810. The third-order valence-electron chi connectivity index (χ3n) is 4.16. The number of aromatic nitrogens is 1. The van der Waals surface area contributed by atoms with E-state index < -0.39 is 24.4 Å². The van der Waals surface area contributed by atoms with Crippen molar-refractivity contribution in [3.63, 3.8) is 0 Å². The van der Waals surface area contributed by atoms with Crippen molar-refractivity contribution >= 4 is 34.1 Å². The van der Waals surface area contributed by atoms with Crippen molar-refractivity contribution in [2.45, 2.75) is 26.2 Å². The third-order valence-corrected chi connectivity index (χ3v) is 5.33. The summed E-state index contributed by atoms with van der Waals surface area (Å²) < 4.78 is 4.95. The van der Waals surface area contributed by atoms with Crippen molar-refractivity contribution in [2.24, 2.45) is 11.7 Å². The van der Waals surface area contributed by atoms with Gasteiger partial charge in [-0.2, -0.15) is 0 Å². The molecule has 0 bridgehead atoms. The zero-order valence-corrected chi connectivity index (χ0v) is 14.6. The first-order valence-electron chi connectivity index (χ1n) is 8.00. The van der Waals surface area contributed by atoms with E-state index in [1.807, 2.05) is 0 Å². The molecular weight excluding hydrogens is 342 g/mol. The number of esters is 1. The van der Waals surface area contributed by atoms with E-state index in [1.54, 1.807) is 18.3 Å². The van der Waals surface area contributed by atoms with Gasteiger partial charge in [-0.25, -0.2) is 4.79 Å². The molecule has 0 aromatic carbocycles. The number of fused-ring (bicyclic) bond motifs is 1. The van der Waals surface area contributed by atoms with Crippen LogP contribution in [-0.2, 0) is 22.4 Å². The number of carbonyl (C=O) groups excluding carboxylic acids is 3. The number of anilines is 1. The smallest absolute Gasteiger partial charge is 0.355 e. The molecule has 3 rings (SSSR count). The summed E-state index contributed by atoms with van der Waals surface area (Å²) in [7, 11) is 0. The number of thiophene rings is 1. The summed E-state index contributed by atoms with van der Waals surface area (Å²) in [4.78, 5) is 39.4. The van der Waals surface area contributed by atoms with E-state index in [-0.39, 0.29) is 5.69 Å². The number of hydrogen-bond donors (Lipinski definition) is 3. The fourth-order valence-corrected chi connectivity index (χ4v) is 4.36. The Hall–Kier alpha value is -2.61. The van der Waals surface area contributed by atoms with Gasteiger partial charge in [0.25, 0.3) is 11.8 Å². The normalized spacial score (nSPS) is 16.1. The minimum atomic E-state index is -0.616. The first-order chi connectivity index (χ1) is 12.0. The van der Waals surface area contributed by atoms with Gasteiger partial charge in [-0.15, -0.1) is 11.3 Å². The number of nitrogens with two attached hydrogens (primary N) is 1. The second-order valence-corrected chi connectivity index (χ2v) is 7.23. The van der Waals surface area contributed by atoms with Gasteiger partial charge in [0, 0.05) is 11.1 Å². The Morgan fingerprint density at radius 3 is 2.92 bits per heavy atom. The SMILES string of the molecule is C[C@@H]1CCc2c(sc(NC(=O)COC(=O)c3ccc[nH]3)c2C(N)=O)C1. The molecule has 1 aliphatic carbocycles. The fourth-order valence-electron chi connectivity index (χ4n) is 2.93. The molecule has 2 heterocycles. The van der Waals surface area contributed by atoms with E-state index >= 15 is 0 Å². The Labute approximate surface area is 148 Å². The molecule has 7 nitrogen and oxygen atoms in total. The van der Waals surface area contributed by atoms with E-state index in [0.29, 0.717) is 16.5 Å². The molecule has 1 aliphatic rings. The van der Waals surface area contributed by atoms with Crippen LogP contribution in [0.15, 0.2) is 18.3 Å². The molecule has 2 amide bonds. The molecule has 1 atom stereocenters. The highest BCUT2D eigenvalue weighted by Crippen LogP contribution is 2.39. The summed E-state index contributed by atoms with van der Waals surface area (Å²) in [6, 6.07) is 3.22. The molecule has 4 N–H and O–H groups in total. The lowest BCUT2D eigenvalue weighted by molar-refractivity contribution is -0.119. The van der Waals surface area contributed by atoms with Gasteiger partial charge in [0.1, 0.15) is 10.7 Å². The van der Waals surface area contributed by atoms with E-state index in [9.17, 15) is 14.4 Å². The maximum absolute atomic E-state index is 12.1. The topological polar surface area (TPSA) is 114 Å². The van der Waals surface area contributed by atoms with Gasteiger partial charge in [0.05, 0.1) is 5.56 Å². The number of hydrogen-bond acceptors (Lipinski definition) is 5. The maximum Gasteiger partial charge on any atom is 0.355 e. The van der Waals surface area contributed by atoms with Gasteiger partial charge in [-0.1, -0.05) is 6.92 Å². The number of primary amides is 1. The predicted octanol–water partition coefficient (Wildman–Crippen LogP) is 2.10. The number of carbonyl (C=O) groups is 3. The molecule has 0 aliphatic heterocycles. The second-order valence-electron chi connectivity index (χ2n) is 6.13. The average Bonchev–Trinajstić information content (AvgIpc) is 3.19. The standard InChI is InChI=1S/C17H19N3O4S/c1-9-4-5-10-12(7-9)25-16(14(10)15(18)22)20-13(21)8-24-17(23)11-3-2-6-19-11/h2-3,6,9,19H,4-5,7-8H2,1H3,(H2,18,22)(H,20,21)/t9-/m1/s1. The van der Waals surface area contributed by atoms with E-state index in [2.05, 4.69) is 17.2 Å². The average molecular weight is 361 g/mol. The van der Waals surface area contributed by atoms with Gasteiger partial charge in [-0.05, 0) is 42.9 Å². The van der Waals surface area contributed by atoms with Crippen LogP contribution >= 0.6 is 11.3 Å². The highest BCUT2D eigenvalue weighted by molar-refractivity contribution is 7.17. The van der Waals surface area contributed by atoms with Crippen LogP contribution in [0.1, 0.15) is 44.6 Å². The van der Waals surface area contributed by atoms with Gasteiger partial charge < -0.3 is 20.8 Å². The van der Waals surface area contributed by atoms with E-state index in [4.69, 9.17) is 10.5 Å². The predicted molar refractivity (Wildman–Crippen MR) is 93.7 cm³/mol. The number of amides is 2. The van der Waals surface area contributed by atoms with Crippen LogP contribution in [0.5, 0.6) is 0 Å². The second kappa shape index (κ2) is 7.10. The highest BCUT2D eigenvalue weighted by Gasteiger charge is 2.27. The Balaban J connectivity index is 1.69. The van der Waals surface area contributed by atoms with Crippen LogP contribution in [0.4, 0.5) is 5.00 Å². The zero-order chi connectivity index (χ0) is 18.0. The van der Waals surface area contributed by atoms with Crippen LogP contribution in [0.2, 0.25) is 0 Å². The highest BCUT2D eigenvalue weighted by atomic mass is 32.1. The molecule has 8 heteroatoms. The minimum Gasteiger partial charge on any atom is -0.451 e. The lowest BCUT2D eigenvalue weighted by atomic mass is 9.88. The summed E-state index contributed by atoms with van der Waals surface area (Å²) >= 11 is 1.37. The molecule has 132 valence electrons. The number of aromatic amines is 1. The molecule has 2 aromatic heterocycles. The molecule has 0 unspecified atom stereocenters. The Kier molecular flexibility index (Phi) is 4.89. The molecule has 25 heavy (non-hydrogen) atoms. The van der Waals surface area contributed by atoms with Crippen LogP contribution < -0.4 is 11.1 Å². The zero-order valence-electron chi connectivity index (χ0n) is 13.8. The van der Waals surface area contributed by atoms with Crippen molar-refractivity contribution in [1.29, 1.82) is 0 Å². The Morgan fingerprint density at radius 2 is 2.24 bits per heavy atom. The number of nitrogens with one attached hydrogen (secondary N) is 2. The third kappa shape index (κ3) is 3.74.